The first-order valence-electron chi connectivity index (χ1n) is 11.9. The van der Waals surface area contributed by atoms with Gasteiger partial charge in [-0.2, -0.15) is 0 Å². The number of amides is 2. The minimum Gasteiger partial charge on any atom is -0.480 e. The van der Waals surface area contributed by atoms with Crippen molar-refractivity contribution in [2.45, 2.75) is 51.5 Å². The van der Waals surface area contributed by atoms with E-state index in [1.165, 1.54) is 0 Å². The number of ether oxygens (including phenoxy) is 1. The summed E-state index contributed by atoms with van der Waals surface area (Å²) < 4.78 is 5.55. The van der Waals surface area contributed by atoms with Gasteiger partial charge in [-0.05, 0) is 53.9 Å². The van der Waals surface area contributed by atoms with Gasteiger partial charge >= 0.3 is 12.1 Å². The number of carboxylic acid groups (broad SMARTS) is 1. The third kappa shape index (κ3) is 5.08. The van der Waals surface area contributed by atoms with Gasteiger partial charge in [0.1, 0.15) is 12.6 Å². The first-order chi connectivity index (χ1) is 16.3. The Morgan fingerprint density at radius 3 is 2.12 bits per heavy atom. The molecular weight excluding hydrogens is 432 g/mol. The van der Waals surface area contributed by atoms with Crippen LogP contribution in [0.15, 0.2) is 48.5 Å². The highest BCUT2D eigenvalue weighted by Gasteiger charge is 2.50. The molecule has 0 heterocycles. The number of rotatable bonds is 10. The van der Waals surface area contributed by atoms with Crippen molar-refractivity contribution in [1.82, 2.24) is 10.6 Å². The fourth-order valence-corrected chi connectivity index (χ4v) is 4.59. The van der Waals surface area contributed by atoms with E-state index in [-0.39, 0.29) is 25.0 Å². The number of benzene rings is 2. The molecule has 2 amide bonds. The Balaban J connectivity index is 1.30. The van der Waals surface area contributed by atoms with Crippen LogP contribution in [0.4, 0.5) is 4.79 Å². The van der Waals surface area contributed by atoms with E-state index in [1.54, 1.807) is 0 Å². The van der Waals surface area contributed by atoms with E-state index >= 15 is 0 Å². The summed E-state index contributed by atoms with van der Waals surface area (Å²) in [5.74, 6) is -1.03. The smallest absolute Gasteiger partial charge is 0.407 e. The Bertz CT molecular complexity index is 1030. The van der Waals surface area contributed by atoms with Crippen LogP contribution in [0.25, 0.3) is 11.1 Å². The first kappa shape index (κ1) is 23.8. The number of alkyl carbamates (subject to hydrolysis) is 1. The molecule has 3 N–H and O–H groups in total. The summed E-state index contributed by atoms with van der Waals surface area (Å²) in [5, 5.41) is 14.8. The fourth-order valence-electron chi connectivity index (χ4n) is 4.59. The molecule has 2 aromatic rings. The second-order valence-corrected chi connectivity index (χ2v) is 9.79. The lowest BCUT2D eigenvalue weighted by molar-refractivity contribution is -0.143. The van der Waals surface area contributed by atoms with Gasteiger partial charge in [-0.3, -0.25) is 4.79 Å². The van der Waals surface area contributed by atoms with Crippen molar-refractivity contribution >= 4 is 18.0 Å². The molecule has 0 spiro atoms. The van der Waals surface area contributed by atoms with E-state index in [2.05, 4.69) is 34.9 Å². The second-order valence-electron chi connectivity index (χ2n) is 9.79. The molecular formula is C27H32N2O5. The maximum atomic E-state index is 12.8. The van der Waals surface area contributed by atoms with Crippen molar-refractivity contribution in [2.75, 3.05) is 13.2 Å². The number of carboxylic acids is 1. The summed E-state index contributed by atoms with van der Waals surface area (Å²) in [6, 6.07) is 15.3. The highest BCUT2D eigenvalue weighted by molar-refractivity contribution is 5.90. The van der Waals surface area contributed by atoms with Gasteiger partial charge in [0.2, 0.25) is 5.91 Å². The van der Waals surface area contributed by atoms with Crippen LogP contribution >= 0.6 is 0 Å². The molecule has 2 aromatic carbocycles. The average Bonchev–Trinajstić information content (AvgIpc) is 3.55. The highest BCUT2D eigenvalue weighted by atomic mass is 16.5. The van der Waals surface area contributed by atoms with Crippen LogP contribution in [0.5, 0.6) is 0 Å². The number of fused-ring (bicyclic) bond motifs is 3. The molecule has 1 unspecified atom stereocenters. The zero-order chi connectivity index (χ0) is 24.3. The summed E-state index contributed by atoms with van der Waals surface area (Å²) >= 11 is 0. The van der Waals surface area contributed by atoms with Crippen molar-refractivity contribution in [3.05, 3.63) is 59.7 Å². The quantitative estimate of drug-likeness (QED) is 0.486. The van der Waals surface area contributed by atoms with Gasteiger partial charge in [-0.1, -0.05) is 62.4 Å². The van der Waals surface area contributed by atoms with Crippen LogP contribution in [0.2, 0.25) is 0 Å². The minimum absolute atomic E-state index is 0.0337. The zero-order valence-corrected chi connectivity index (χ0v) is 19.7. The Labute approximate surface area is 199 Å². The topological polar surface area (TPSA) is 105 Å². The van der Waals surface area contributed by atoms with Gasteiger partial charge in [-0.25, -0.2) is 9.59 Å². The molecule has 1 fully saturated rings. The third-order valence-electron chi connectivity index (χ3n) is 6.89. The maximum absolute atomic E-state index is 12.8. The molecule has 0 radical (unpaired) electrons. The Hall–Kier alpha value is -3.35. The summed E-state index contributed by atoms with van der Waals surface area (Å²) in [7, 11) is 0. The molecule has 180 valence electrons. The van der Waals surface area contributed by atoms with Crippen molar-refractivity contribution in [1.29, 1.82) is 0 Å². The van der Waals surface area contributed by atoms with Crippen molar-refractivity contribution in [2.24, 2.45) is 11.3 Å². The maximum Gasteiger partial charge on any atom is 0.407 e. The number of hydrogen-bond acceptors (Lipinski definition) is 4. The van der Waals surface area contributed by atoms with Gasteiger partial charge in [0.15, 0.2) is 0 Å². The standard InChI is InChI=1S/C27H32N2O5/c1-17(2)11-12-23(24(30)31)29-25(32)27(13-14-27)16-28-26(33)34-15-22-20-9-5-3-7-18(20)19-8-4-6-10-21(19)22/h3-10,17,22-23H,11-16H2,1-2H3,(H,28,33)(H,29,32)(H,30,31). The first-order valence-corrected chi connectivity index (χ1v) is 11.9. The van der Waals surface area contributed by atoms with E-state index in [1.807, 2.05) is 38.1 Å². The van der Waals surface area contributed by atoms with Crippen LogP contribution in [-0.2, 0) is 14.3 Å². The summed E-state index contributed by atoms with van der Waals surface area (Å²) in [6.45, 7) is 4.37. The number of nitrogens with one attached hydrogen (secondary N) is 2. The molecule has 1 atom stereocenters. The van der Waals surface area contributed by atoms with E-state index in [0.29, 0.717) is 31.6 Å². The molecule has 0 aliphatic heterocycles. The van der Waals surface area contributed by atoms with E-state index in [0.717, 1.165) is 22.3 Å². The Morgan fingerprint density at radius 2 is 1.59 bits per heavy atom. The van der Waals surface area contributed by atoms with Crippen molar-refractivity contribution < 1.29 is 24.2 Å². The van der Waals surface area contributed by atoms with E-state index in [4.69, 9.17) is 4.74 Å². The monoisotopic (exact) mass is 464 g/mol. The molecule has 2 aliphatic carbocycles. The molecule has 0 aromatic heterocycles. The summed E-state index contributed by atoms with van der Waals surface area (Å²) in [4.78, 5) is 36.8. The predicted molar refractivity (Wildman–Crippen MR) is 128 cm³/mol. The lowest BCUT2D eigenvalue weighted by atomic mass is 9.98. The van der Waals surface area contributed by atoms with Crippen LogP contribution < -0.4 is 10.6 Å². The third-order valence-corrected chi connectivity index (χ3v) is 6.89. The fraction of sp³-hybridized carbons (Fsp3) is 0.444. The van der Waals surface area contributed by atoms with Crippen LogP contribution in [0.3, 0.4) is 0 Å². The molecule has 4 rings (SSSR count). The Kier molecular flexibility index (Phi) is 6.91. The van der Waals surface area contributed by atoms with Crippen LogP contribution in [0, 0.1) is 11.3 Å². The van der Waals surface area contributed by atoms with Gasteiger partial charge in [0, 0.05) is 12.5 Å². The molecule has 2 aliphatic rings. The van der Waals surface area contributed by atoms with Gasteiger partial charge in [0.05, 0.1) is 5.41 Å². The Morgan fingerprint density at radius 1 is 1.00 bits per heavy atom. The van der Waals surface area contributed by atoms with Crippen molar-refractivity contribution in [3.8, 4) is 11.1 Å². The highest BCUT2D eigenvalue weighted by Crippen LogP contribution is 2.46. The number of carbonyl (C=O) groups excluding carboxylic acids is 2. The molecule has 34 heavy (non-hydrogen) atoms. The van der Waals surface area contributed by atoms with Gasteiger partial charge < -0.3 is 20.5 Å². The molecule has 1 saturated carbocycles. The zero-order valence-electron chi connectivity index (χ0n) is 19.7. The largest absolute Gasteiger partial charge is 0.480 e. The SMILES string of the molecule is CC(C)CCC(NC(=O)C1(CNC(=O)OCC2c3ccccc3-c3ccccc32)CC1)C(=O)O. The van der Waals surface area contributed by atoms with Crippen LogP contribution in [0.1, 0.15) is 56.6 Å². The van der Waals surface area contributed by atoms with Crippen LogP contribution in [-0.4, -0.2) is 42.3 Å². The predicted octanol–water partition coefficient (Wildman–Crippen LogP) is 4.31. The lowest BCUT2D eigenvalue weighted by Gasteiger charge is -2.21. The normalized spacial score (nSPS) is 16.3. The van der Waals surface area contributed by atoms with Gasteiger partial charge in [0.25, 0.3) is 0 Å². The molecule has 0 saturated heterocycles. The molecule has 0 bridgehead atoms. The summed E-state index contributed by atoms with van der Waals surface area (Å²) in [6.07, 6.45) is 1.74. The average molecular weight is 465 g/mol. The molecule has 7 heteroatoms. The van der Waals surface area contributed by atoms with E-state index < -0.39 is 23.5 Å². The second kappa shape index (κ2) is 9.87. The van der Waals surface area contributed by atoms with Gasteiger partial charge in [-0.15, -0.1) is 0 Å². The minimum atomic E-state index is -1.03. The molecule has 7 nitrogen and oxygen atoms in total. The van der Waals surface area contributed by atoms with E-state index in [9.17, 15) is 19.5 Å². The number of aliphatic carboxylic acids is 1. The summed E-state index contributed by atoms with van der Waals surface area (Å²) in [5.41, 5.74) is 3.83. The lowest BCUT2D eigenvalue weighted by Crippen LogP contribution is -2.47. The number of hydrogen-bond donors (Lipinski definition) is 3. The number of carbonyl (C=O) groups is 3. The van der Waals surface area contributed by atoms with Crippen molar-refractivity contribution in [3.63, 3.8) is 0 Å².